The van der Waals surface area contributed by atoms with Crippen LogP contribution in [0.3, 0.4) is 0 Å². The number of rotatable bonds is 1. The predicted octanol–water partition coefficient (Wildman–Crippen LogP) is 5.21. The van der Waals surface area contributed by atoms with Gasteiger partial charge in [0.1, 0.15) is 0 Å². The molecule has 4 fully saturated rings. The molecule has 4 aliphatic carbocycles. The van der Waals surface area contributed by atoms with E-state index < -0.39 is 0 Å². The molecule has 4 aliphatic rings. The molecule has 0 radical (unpaired) electrons. The molecule has 5 rings (SSSR count). The van der Waals surface area contributed by atoms with Crippen molar-refractivity contribution in [2.45, 2.75) is 77.7 Å². The second kappa shape index (κ2) is 6.20. The van der Waals surface area contributed by atoms with E-state index in [4.69, 9.17) is 0 Å². The van der Waals surface area contributed by atoms with Crippen molar-refractivity contribution in [1.29, 1.82) is 0 Å². The number of fused-ring (bicyclic) bond motifs is 5. The van der Waals surface area contributed by atoms with Crippen LogP contribution in [-0.4, -0.2) is 21.0 Å². The molecule has 0 amide bonds. The molecule has 1 N–H and O–H groups in total. The lowest BCUT2D eigenvalue weighted by Crippen LogP contribution is -2.53. The number of aliphatic hydroxyl groups is 1. The highest BCUT2D eigenvalue weighted by atomic mass is 16.3. The van der Waals surface area contributed by atoms with Gasteiger partial charge in [-0.15, -0.1) is 0 Å². The van der Waals surface area contributed by atoms with Gasteiger partial charge in [-0.3, -0.25) is 4.68 Å². The summed E-state index contributed by atoms with van der Waals surface area (Å²) in [5, 5.41) is 15.6. The van der Waals surface area contributed by atoms with Gasteiger partial charge < -0.3 is 5.11 Å². The van der Waals surface area contributed by atoms with Crippen molar-refractivity contribution in [2.24, 2.45) is 41.5 Å². The fourth-order valence-electron chi connectivity index (χ4n) is 8.01. The van der Waals surface area contributed by atoms with Crippen LogP contribution in [-0.2, 0) is 7.05 Å². The van der Waals surface area contributed by atoms with Crippen LogP contribution >= 0.6 is 0 Å². The molecule has 1 heterocycles. The van der Waals surface area contributed by atoms with E-state index in [2.05, 4.69) is 31.1 Å². The van der Waals surface area contributed by atoms with Gasteiger partial charge in [-0.2, -0.15) is 5.10 Å². The zero-order valence-electron chi connectivity index (χ0n) is 17.3. The molecule has 3 nitrogen and oxygen atoms in total. The van der Waals surface area contributed by atoms with Crippen molar-refractivity contribution in [3.05, 3.63) is 23.5 Å². The zero-order chi connectivity index (χ0) is 18.8. The number of aryl methyl sites for hydroxylation is 1. The first-order chi connectivity index (χ1) is 12.9. The summed E-state index contributed by atoms with van der Waals surface area (Å²) in [6, 6.07) is 2.06. The monoisotopic (exact) mass is 368 g/mol. The molecule has 7 atom stereocenters. The third-order valence-corrected chi connectivity index (χ3v) is 9.64. The maximum absolute atomic E-state index is 11.3. The second-order valence-electron chi connectivity index (χ2n) is 10.7. The Balaban J connectivity index is 1.47. The van der Waals surface area contributed by atoms with Gasteiger partial charge in [0.15, 0.2) is 0 Å². The maximum Gasteiger partial charge on any atom is 0.0810 e. The van der Waals surface area contributed by atoms with Crippen molar-refractivity contribution < 1.29 is 5.11 Å². The normalized spacial score (nSPS) is 48.1. The highest BCUT2D eigenvalue weighted by molar-refractivity contribution is 5.52. The molecule has 0 aromatic carbocycles. The van der Waals surface area contributed by atoms with Crippen LogP contribution < -0.4 is 0 Å². The Morgan fingerprint density at radius 3 is 2.70 bits per heavy atom. The van der Waals surface area contributed by atoms with E-state index in [0.29, 0.717) is 11.3 Å². The Bertz CT molecular complexity index is 751. The molecule has 4 saturated carbocycles. The van der Waals surface area contributed by atoms with Gasteiger partial charge in [-0.1, -0.05) is 26.7 Å². The minimum absolute atomic E-state index is 0.0729. The summed E-state index contributed by atoms with van der Waals surface area (Å²) in [5.74, 6) is 3.33. The minimum Gasteiger partial charge on any atom is -0.388 e. The van der Waals surface area contributed by atoms with Crippen molar-refractivity contribution >= 4 is 6.08 Å². The molecule has 0 bridgehead atoms. The highest BCUT2D eigenvalue weighted by Crippen LogP contribution is 2.66. The first-order valence-electron chi connectivity index (χ1n) is 11.3. The Kier molecular flexibility index (Phi) is 4.13. The molecule has 0 saturated heterocycles. The predicted molar refractivity (Wildman–Crippen MR) is 109 cm³/mol. The minimum atomic E-state index is -0.282. The Morgan fingerprint density at radius 1 is 1.07 bits per heavy atom. The van der Waals surface area contributed by atoms with Gasteiger partial charge >= 0.3 is 0 Å². The van der Waals surface area contributed by atoms with Crippen molar-refractivity contribution in [2.75, 3.05) is 0 Å². The molecule has 0 aliphatic heterocycles. The highest BCUT2D eigenvalue weighted by Gasteiger charge is 2.60. The average molecular weight is 369 g/mol. The first kappa shape index (κ1) is 18.0. The number of hydrogen-bond donors (Lipinski definition) is 1. The summed E-state index contributed by atoms with van der Waals surface area (Å²) in [5.41, 5.74) is 3.01. The van der Waals surface area contributed by atoms with E-state index in [0.717, 1.165) is 29.9 Å². The topological polar surface area (TPSA) is 38.0 Å². The van der Waals surface area contributed by atoms with Gasteiger partial charge in [0.05, 0.1) is 11.8 Å². The summed E-state index contributed by atoms with van der Waals surface area (Å²) >= 11 is 0. The van der Waals surface area contributed by atoms with E-state index >= 15 is 0 Å². The Labute approximate surface area is 164 Å². The third-order valence-electron chi connectivity index (χ3n) is 9.64. The molecule has 1 aromatic heterocycles. The summed E-state index contributed by atoms with van der Waals surface area (Å²) in [6.07, 6.45) is 16.1. The van der Waals surface area contributed by atoms with Crippen LogP contribution in [0.4, 0.5) is 0 Å². The van der Waals surface area contributed by atoms with Crippen LogP contribution in [0, 0.1) is 34.5 Å². The van der Waals surface area contributed by atoms with Gasteiger partial charge in [0.2, 0.25) is 0 Å². The second-order valence-corrected chi connectivity index (χ2v) is 10.7. The van der Waals surface area contributed by atoms with E-state index in [1.807, 2.05) is 17.9 Å². The van der Waals surface area contributed by atoms with Gasteiger partial charge in [-0.05, 0) is 91.7 Å². The quantitative estimate of drug-likeness (QED) is 0.739. The lowest BCUT2D eigenvalue weighted by atomic mass is 9.45. The van der Waals surface area contributed by atoms with Crippen LogP contribution in [0.15, 0.2) is 17.8 Å². The summed E-state index contributed by atoms with van der Waals surface area (Å²) in [6.45, 7) is 5.02. The van der Waals surface area contributed by atoms with Crippen molar-refractivity contribution in [1.82, 2.24) is 9.78 Å². The SMILES string of the molecule is Cn1nccc1/C=C1\C[C@H]2[C@@H]3CC[C@@H]4CCCC[C@]4(C)[C@H]3CC[C@]2(C)[C@H]1O. The summed E-state index contributed by atoms with van der Waals surface area (Å²) in [7, 11) is 1.99. The van der Waals surface area contributed by atoms with Crippen LogP contribution in [0.1, 0.15) is 77.3 Å². The Hall–Kier alpha value is -1.09. The number of nitrogens with zero attached hydrogens (tertiary/aromatic N) is 2. The molecule has 3 heteroatoms. The van der Waals surface area contributed by atoms with Crippen LogP contribution in [0.2, 0.25) is 0 Å². The Morgan fingerprint density at radius 2 is 1.93 bits per heavy atom. The molecule has 148 valence electrons. The van der Waals surface area contributed by atoms with Crippen molar-refractivity contribution in [3.8, 4) is 0 Å². The molecule has 27 heavy (non-hydrogen) atoms. The fraction of sp³-hybridized carbons (Fsp3) is 0.792. The van der Waals surface area contributed by atoms with Crippen molar-refractivity contribution in [3.63, 3.8) is 0 Å². The largest absolute Gasteiger partial charge is 0.388 e. The lowest BCUT2D eigenvalue weighted by Gasteiger charge is -2.60. The third kappa shape index (κ3) is 2.53. The van der Waals surface area contributed by atoms with Gasteiger partial charge in [0.25, 0.3) is 0 Å². The van der Waals surface area contributed by atoms with Crippen LogP contribution in [0.25, 0.3) is 6.08 Å². The number of hydrogen-bond acceptors (Lipinski definition) is 2. The molecular formula is C24H36N2O. The van der Waals surface area contributed by atoms with E-state index in [9.17, 15) is 5.11 Å². The van der Waals surface area contributed by atoms with Crippen LogP contribution in [0.5, 0.6) is 0 Å². The standard InChI is InChI=1S/C24H36N2O/c1-23-11-5-4-6-17(23)7-8-19-20(23)9-12-24(2)21(19)15-16(22(24)27)14-18-10-13-25-26(18)3/h10,13-14,17,19-22,27H,4-9,11-12,15H2,1-3H3/b16-14+/t17-,19+,20-,21-,22-,23-,24-/m0/s1. The number of aromatic nitrogens is 2. The van der Waals surface area contributed by atoms with E-state index in [1.54, 1.807) is 0 Å². The summed E-state index contributed by atoms with van der Waals surface area (Å²) < 4.78 is 1.92. The molecule has 0 unspecified atom stereocenters. The number of aliphatic hydroxyl groups excluding tert-OH is 1. The molecule has 0 spiro atoms. The van der Waals surface area contributed by atoms with E-state index in [-0.39, 0.29) is 11.5 Å². The zero-order valence-corrected chi connectivity index (χ0v) is 17.3. The fourth-order valence-corrected chi connectivity index (χ4v) is 8.01. The molecule has 1 aromatic rings. The summed E-state index contributed by atoms with van der Waals surface area (Å²) in [4.78, 5) is 0. The van der Waals surface area contributed by atoms with Gasteiger partial charge in [0, 0.05) is 18.7 Å². The maximum atomic E-state index is 11.3. The molecular weight excluding hydrogens is 332 g/mol. The van der Waals surface area contributed by atoms with E-state index in [1.165, 1.54) is 56.9 Å². The smallest absolute Gasteiger partial charge is 0.0810 e. The lowest BCUT2D eigenvalue weighted by molar-refractivity contribution is -0.119. The average Bonchev–Trinajstić information content (AvgIpc) is 3.17. The van der Waals surface area contributed by atoms with Gasteiger partial charge in [-0.25, -0.2) is 0 Å². The first-order valence-corrected chi connectivity index (χ1v) is 11.3.